The Hall–Kier alpha value is -2.04. The van der Waals surface area contributed by atoms with E-state index in [2.05, 4.69) is 15.5 Å². The van der Waals surface area contributed by atoms with Gasteiger partial charge >= 0.3 is 11.9 Å². The summed E-state index contributed by atoms with van der Waals surface area (Å²) in [6.45, 7) is 0.607. The van der Waals surface area contributed by atoms with Gasteiger partial charge in [0.15, 0.2) is 6.61 Å². The Kier molecular flexibility index (Phi) is 4.85. The van der Waals surface area contributed by atoms with Crippen LogP contribution in [-0.2, 0) is 19.1 Å². The fourth-order valence-electron chi connectivity index (χ4n) is 0.830. The van der Waals surface area contributed by atoms with Crippen LogP contribution in [0.5, 0.6) is 5.75 Å². The molecule has 85 valence electrons. The van der Waals surface area contributed by atoms with E-state index in [1.807, 2.05) is 0 Å². The summed E-state index contributed by atoms with van der Waals surface area (Å²) in [5.41, 5.74) is 0. The van der Waals surface area contributed by atoms with Gasteiger partial charge in [0.1, 0.15) is 5.75 Å². The Balaban J connectivity index is 2.18. The van der Waals surface area contributed by atoms with E-state index in [1.54, 1.807) is 24.3 Å². The molecule has 0 atom stereocenters. The minimum atomic E-state index is -0.603. The van der Waals surface area contributed by atoms with Crippen molar-refractivity contribution in [3.63, 3.8) is 0 Å². The fourth-order valence-corrected chi connectivity index (χ4v) is 0.830. The summed E-state index contributed by atoms with van der Waals surface area (Å²) in [6.07, 6.45) is 0. The monoisotopic (exact) mass is 223 g/mol. The number of hydrogen-bond donors (Lipinski definition) is 0. The molecule has 1 aromatic rings. The molecule has 0 aromatic heterocycles. The van der Waals surface area contributed by atoms with Crippen LogP contribution < -0.4 is 4.74 Å². The Morgan fingerprint density at radius 3 is 2.56 bits per heavy atom. The number of benzene rings is 1. The Morgan fingerprint density at radius 1 is 1.25 bits per heavy atom. The molecule has 1 radical (unpaired) electrons. The highest BCUT2D eigenvalue weighted by molar-refractivity contribution is 5.71. The molecule has 0 saturated carbocycles. The lowest BCUT2D eigenvalue weighted by Crippen LogP contribution is -2.17. The first-order valence-corrected chi connectivity index (χ1v) is 4.56. The smallest absolute Gasteiger partial charge is 0.347 e. The van der Waals surface area contributed by atoms with E-state index in [9.17, 15) is 9.59 Å². The third-order valence-corrected chi connectivity index (χ3v) is 1.53. The van der Waals surface area contributed by atoms with Crippen molar-refractivity contribution in [2.24, 2.45) is 0 Å². The fraction of sp³-hybridized carbons (Fsp3) is 0.273. The van der Waals surface area contributed by atoms with Crippen LogP contribution in [0.1, 0.15) is 6.92 Å². The average molecular weight is 223 g/mol. The molecule has 5 nitrogen and oxygen atoms in total. The molecule has 0 aliphatic rings. The topological polar surface area (TPSA) is 61.8 Å². The van der Waals surface area contributed by atoms with Gasteiger partial charge < -0.3 is 14.2 Å². The number of carbonyl (C=O) groups is 2. The quantitative estimate of drug-likeness (QED) is 0.549. The van der Waals surface area contributed by atoms with Crippen molar-refractivity contribution in [2.45, 2.75) is 6.92 Å². The van der Waals surface area contributed by atoms with Gasteiger partial charge in [0.05, 0.1) is 0 Å². The van der Waals surface area contributed by atoms with Gasteiger partial charge in [-0.05, 0) is 18.2 Å². The van der Waals surface area contributed by atoms with E-state index in [4.69, 9.17) is 4.74 Å². The number of rotatable bonds is 5. The highest BCUT2D eigenvalue weighted by Gasteiger charge is 2.04. The lowest BCUT2D eigenvalue weighted by atomic mass is 10.3. The van der Waals surface area contributed by atoms with Crippen molar-refractivity contribution in [3.8, 4) is 5.75 Å². The summed E-state index contributed by atoms with van der Waals surface area (Å²) in [4.78, 5) is 21.4. The largest absolute Gasteiger partial charge is 0.482 e. The molecular formula is C11H11O5. The van der Waals surface area contributed by atoms with E-state index in [1.165, 1.54) is 6.92 Å². The SMILES string of the molecule is CC(=O)OCOC(=O)COc1cc[c]cc1. The summed E-state index contributed by atoms with van der Waals surface area (Å²) in [6, 6.07) is 9.48. The predicted molar refractivity (Wildman–Crippen MR) is 53.5 cm³/mol. The first-order valence-electron chi connectivity index (χ1n) is 4.56. The van der Waals surface area contributed by atoms with Crippen LogP contribution in [0, 0.1) is 6.07 Å². The zero-order chi connectivity index (χ0) is 11.8. The second kappa shape index (κ2) is 6.44. The highest BCUT2D eigenvalue weighted by atomic mass is 16.7. The summed E-state index contributed by atoms with van der Waals surface area (Å²) in [5.74, 6) is -0.565. The zero-order valence-electron chi connectivity index (χ0n) is 8.76. The van der Waals surface area contributed by atoms with Crippen LogP contribution in [0.3, 0.4) is 0 Å². The van der Waals surface area contributed by atoms with Gasteiger partial charge in [-0.3, -0.25) is 4.79 Å². The van der Waals surface area contributed by atoms with Crippen LogP contribution in [0.2, 0.25) is 0 Å². The molecular weight excluding hydrogens is 212 g/mol. The standard InChI is InChI=1S/C11H11O5/c1-9(12)15-8-16-11(13)7-14-10-5-3-2-4-6-10/h3-6H,7-8H2,1H3. The summed E-state index contributed by atoms with van der Waals surface area (Å²) >= 11 is 0. The molecule has 1 rings (SSSR count). The first kappa shape index (κ1) is 12.0. The summed E-state index contributed by atoms with van der Waals surface area (Å²) < 4.78 is 14.1. The minimum Gasteiger partial charge on any atom is -0.482 e. The summed E-state index contributed by atoms with van der Waals surface area (Å²) in [7, 11) is 0. The van der Waals surface area contributed by atoms with Gasteiger partial charge in [0.2, 0.25) is 6.79 Å². The lowest BCUT2D eigenvalue weighted by Gasteiger charge is -2.06. The highest BCUT2D eigenvalue weighted by Crippen LogP contribution is 2.07. The third kappa shape index (κ3) is 4.99. The van der Waals surface area contributed by atoms with Crippen LogP contribution in [0.25, 0.3) is 0 Å². The van der Waals surface area contributed by atoms with Gasteiger partial charge in [0.25, 0.3) is 0 Å². The van der Waals surface area contributed by atoms with Crippen molar-refractivity contribution in [3.05, 3.63) is 30.3 Å². The van der Waals surface area contributed by atoms with E-state index in [0.29, 0.717) is 5.75 Å². The Morgan fingerprint density at radius 2 is 1.94 bits per heavy atom. The van der Waals surface area contributed by atoms with Gasteiger partial charge in [-0.15, -0.1) is 0 Å². The van der Waals surface area contributed by atoms with Gasteiger partial charge in [0, 0.05) is 6.92 Å². The Labute approximate surface area is 92.9 Å². The molecule has 0 aliphatic heterocycles. The zero-order valence-corrected chi connectivity index (χ0v) is 8.76. The number of ether oxygens (including phenoxy) is 3. The van der Waals surface area contributed by atoms with Gasteiger partial charge in [-0.25, -0.2) is 4.79 Å². The molecule has 0 spiro atoms. The second-order valence-corrected chi connectivity index (χ2v) is 2.79. The van der Waals surface area contributed by atoms with E-state index >= 15 is 0 Å². The molecule has 1 aromatic carbocycles. The van der Waals surface area contributed by atoms with Gasteiger partial charge in [-0.2, -0.15) is 0 Å². The maximum absolute atomic E-state index is 11.1. The van der Waals surface area contributed by atoms with Crippen molar-refractivity contribution < 1.29 is 23.8 Å². The molecule has 0 heterocycles. The maximum Gasteiger partial charge on any atom is 0.347 e. The molecule has 0 aliphatic carbocycles. The number of carbonyl (C=O) groups excluding carboxylic acids is 2. The minimum absolute atomic E-state index is 0.231. The second-order valence-electron chi connectivity index (χ2n) is 2.79. The van der Waals surface area contributed by atoms with Crippen LogP contribution in [-0.4, -0.2) is 25.3 Å². The number of hydrogen-bond acceptors (Lipinski definition) is 5. The molecule has 0 amide bonds. The van der Waals surface area contributed by atoms with E-state index in [0.717, 1.165) is 0 Å². The molecule has 0 unspecified atom stereocenters. The molecule has 0 bridgehead atoms. The van der Waals surface area contributed by atoms with Crippen molar-refractivity contribution in [1.82, 2.24) is 0 Å². The van der Waals surface area contributed by atoms with E-state index in [-0.39, 0.29) is 13.4 Å². The van der Waals surface area contributed by atoms with Crippen LogP contribution in [0.15, 0.2) is 24.3 Å². The number of esters is 2. The summed E-state index contributed by atoms with van der Waals surface area (Å²) in [5, 5.41) is 0. The van der Waals surface area contributed by atoms with Gasteiger partial charge in [-0.1, -0.05) is 12.1 Å². The maximum atomic E-state index is 11.1. The molecule has 5 heteroatoms. The van der Waals surface area contributed by atoms with E-state index < -0.39 is 11.9 Å². The van der Waals surface area contributed by atoms with Crippen molar-refractivity contribution in [1.29, 1.82) is 0 Å². The average Bonchev–Trinajstić information content (AvgIpc) is 2.27. The first-order chi connectivity index (χ1) is 7.68. The predicted octanol–water partition coefficient (Wildman–Crippen LogP) is 0.929. The third-order valence-electron chi connectivity index (χ3n) is 1.53. The molecule has 16 heavy (non-hydrogen) atoms. The van der Waals surface area contributed by atoms with Crippen molar-refractivity contribution in [2.75, 3.05) is 13.4 Å². The van der Waals surface area contributed by atoms with Crippen molar-refractivity contribution >= 4 is 11.9 Å². The molecule has 0 fully saturated rings. The van der Waals surface area contributed by atoms with Crippen LogP contribution >= 0.6 is 0 Å². The lowest BCUT2D eigenvalue weighted by molar-refractivity contribution is -0.167. The Bertz CT molecular complexity index is 347. The van der Waals surface area contributed by atoms with Crippen LogP contribution in [0.4, 0.5) is 0 Å². The normalized spacial score (nSPS) is 9.31. The molecule has 0 N–H and O–H groups in total. The molecule has 0 saturated heterocycles.